The first kappa shape index (κ1) is 23.2. The molecule has 0 aliphatic carbocycles. The molecule has 0 saturated heterocycles. The predicted molar refractivity (Wildman–Crippen MR) is 123 cm³/mol. The number of anilines is 2. The van der Waals surface area contributed by atoms with Crippen molar-refractivity contribution in [3.63, 3.8) is 0 Å². The summed E-state index contributed by atoms with van der Waals surface area (Å²) in [6.07, 6.45) is -0.735. The Morgan fingerprint density at radius 2 is 1.50 bits per heavy atom. The van der Waals surface area contributed by atoms with Crippen LogP contribution in [0.1, 0.15) is 29.4 Å². The number of rotatable bonds is 7. The minimum Gasteiger partial charge on any atom is -0.480 e. The smallest absolute Gasteiger partial charge is 0.265 e. The van der Waals surface area contributed by atoms with Gasteiger partial charge in [0.2, 0.25) is 5.95 Å². The van der Waals surface area contributed by atoms with Gasteiger partial charge >= 0.3 is 0 Å². The summed E-state index contributed by atoms with van der Waals surface area (Å²) in [5.74, 6) is 0.346. The number of amides is 1. The Labute approximate surface area is 188 Å². The second kappa shape index (κ2) is 9.35. The van der Waals surface area contributed by atoms with Gasteiger partial charge in [0.05, 0.1) is 4.90 Å². The van der Waals surface area contributed by atoms with Crippen LogP contribution in [0.5, 0.6) is 5.75 Å². The molecule has 0 saturated carbocycles. The number of sulfonamides is 1. The number of para-hydroxylation sites is 1. The molecule has 0 radical (unpaired) electrons. The molecule has 1 amide bonds. The first-order valence-electron chi connectivity index (χ1n) is 10.0. The fraction of sp³-hybridized carbons (Fsp3) is 0.261. The highest BCUT2D eigenvalue weighted by Gasteiger charge is 2.19. The van der Waals surface area contributed by atoms with E-state index in [9.17, 15) is 13.2 Å². The molecule has 0 fully saturated rings. The first-order valence-corrected chi connectivity index (χ1v) is 11.5. The standard InChI is InChI=1S/C23H26N4O4S/c1-14-7-6-8-15(2)21(14)31-18(5)22(28)26-19-9-11-20(12-10-19)32(29,30)27-23-24-16(3)13-17(4)25-23/h6-13,18H,1-5H3,(H,26,28)(H,24,25,27)/t18-/m0/s1. The summed E-state index contributed by atoms with van der Waals surface area (Å²) >= 11 is 0. The van der Waals surface area contributed by atoms with Crippen molar-refractivity contribution in [1.29, 1.82) is 0 Å². The molecule has 9 heteroatoms. The Morgan fingerprint density at radius 3 is 2.06 bits per heavy atom. The lowest BCUT2D eigenvalue weighted by Gasteiger charge is -2.18. The first-order chi connectivity index (χ1) is 15.0. The third kappa shape index (κ3) is 5.61. The average Bonchev–Trinajstić information content (AvgIpc) is 2.70. The van der Waals surface area contributed by atoms with Crippen molar-refractivity contribution in [2.45, 2.75) is 45.6 Å². The summed E-state index contributed by atoms with van der Waals surface area (Å²) in [4.78, 5) is 20.8. The van der Waals surface area contributed by atoms with E-state index in [1.165, 1.54) is 24.3 Å². The van der Waals surface area contributed by atoms with Gasteiger partial charge in [0.1, 0.15) is 5.75 Å². The minimum absolute atomic E-state index is 0.0114. The van der Waals surface area contributed by atoms with Gasteiger partial charge in [0, 0.05) is 17.1 Å². The number of aryl methyl sites for hydroxylation is 4. The summed E-state index contributed by atoms with van der Waals surface area (Å²) < 4.78 is 33.5. The molecular formula is C23H26N4O4S. The molecule has 32 heavy (non-hydrogen) atoms. The average molecular weight is 455 g/mol. The maximum absolute atomic E-state index is 12.6. The maximum atomic E-state index is 12.6. The summed E-state index contributed by atoms with van der Waals surface area (Å²) in [5.41, 5.74) is 3.66. The molecule has 3 aromatic rings. The lowest BCUT2D eigenvalue weighted by Crippen LogP contribution is -2.30. The molecule has 2 aromatic carbocycles. The van der Waals surface area contributed by atoms with Gasteiger partial charge in [-0.05, 0) is 76.1 Å². The fourth-order valence-corrected chi connectivity index (χ4v) is 4.07. The van der Waals surface area contributed by atoms with E-state index in [1.54, 1.807) is 26.8 Å². The molecule has 8 nitrogen and oxygen atoms in total. The molecular weight excluding hydrogens is 428 g/mol. The Balaban J connectivity index is 1.67. The van der Waals surface area contributed by atoms with Crippen LogP contribution in [0.4, 0.5) is 11.6 Å². The van der Waals surface area contributed by atoms with E-state index in [4.69, 9.17) is 4.74 Å². The van der Waals surface area contributed by atoms with E-state index >= 15 is 0 Å². The summed E-state index contributed by atoms with van der Waals surface area (Å²) in [5, 5.41) is 2.74. The maximum Gasteiger partial charge on any atom is 0.265 e. The van der Waals surface area contributed by atoms with Crippen LogP contribution in [0.3, 0.4) is 0 Å². The third-order valence-electron chi connectivity index (χ3n) is 4.71. The largest absolute Gasteiger partial charge is 0.480 e. The number of nitrogens with zero attached hydrogens (tertiary/aromatic N) is 2. The number of carbonyl (C=O) groups is 1. The van der Waals surface area contributed by atoms with E-state index in [0.717, 1.165) is 11.1 Å². The second-order valence-corrected chi connectivity index (χ2v) is 9.26. The predicted octanol–water partition coefficient (Wildman–Crippen LogP) is 3.92. The second-order valence-electron chi connectivity index (χ2n) is 7.57. The van der Waals surface area contributed by atoms with Crippen molar-refractivity contribution in [3.8, 4) is 5.75 Å². The molecule has 1 heterocycles. The molecule has 0 spiro atoms. The number of aromatic nitrogens is 2. The van der Waals surface area contributed by atoms with E-state index in [-0.39, 0.29) is 16.8 Å². The van der Waals surface area contributed by atoms with Crippen molar-refractivity contribution in [2.75, 3.05) is 10.0 Å². The summed E-state index contributed by atoms with van der Waals surface area (Å²) in [7, 11) is -3.87. The highest BCUT2D eigenvalue weighted by Crippen LogP contribution is 2.24. The Hall–Kier alpha value is -3.46. The number of hydrogen-bond acceptors (Lipinski definition) is 6. The van der Waals surface area contributed by atoms with Gasteiger partial charge in [-0.25, -0.2) is 23.1 Å². The van der Waals surface area contributed by atoms with E-state index in [1.807, 2.05) is 32.0 Å². The van der Waals surface area contributed by atoms with Gasteiger partial charge < -0.3 is 10.1 Å². The lowest BCUT2D eigenvalue weighted by atomic mass is 10.1. The molecule has 168 valence electrons. The zero-order valence-electron chi connectivity index (χ0n) is 18.6. The molecule has 0 bridgehead atoms. The summed E-state index contributed by atoms with van der Waals surface area (Å²) in [6, 6.07) is 13.3. The molecule has 1 atom stereocenters. The quantitative estimate of drug-likeness (QED) is 0.560. The Kier molecular flexibility index (Phi) is 6.78. The van der Waals surface area contributed by atoms with Gasteiger partial charge in [-0.2, -0.15) is 0 Å². The molecule has 0 aliphatic heterocycles. The van der Waals surface area contributed by atoms with Crippen LogP contribution in [0.15, 0.2) is 53.4 Å². The number of nitrogens with one attached hydrogen (secondary N) is 2. The van der Waals surface area contributed by atoms with Crippen LogP contribution in [-0.2, 0) is 14.8 Å². The van der Waals surface area contributed by atoms with Crippen LogP contribution in [0, 0.1) is 27.7 Å². The van der Waals surface area contributed by atoms with Gasteiger partial charge in [0.15, 0.2) is 6.10 Å². The van der Waals surface area contributed by atoms with Crippen molar-refractivity contribution < 1.29 is 17.9 Å². The van der Waals surface area contributed by atoms with Crippen LogP contribution >= 0.6 is 0 Å². The monoisotopic (exact) mass is 454 g/mol. The number of benzene rings is 2. The van der Waals surface area contributed by atoms with Gasteiger partial charge in [-0.3, -0.25) is 4.79 Å². The highest BCUT2D eigenvalue weighted by molar-refractivity contribution is 7.92. The van der Waals surface area contributed by atoms with Crippen LogP contribution in [0.2, 0.25) is 0 Å². The van der Waals surface area contributed by atoms with E-state index in [0.29, 0.717) is 22.8 Å². The van der Waals surface area contributed by atoms with Crippen molar-refractivity contribution in [1.82, 2.24) is 9.97 Å². The van der Waals surface area contributed by atoms with Crippen LogP contribution < -0.4 is 14.8 Å². The molecule has 0 aliphatic rings. The van der Waals surface area contributed by atoms with Crippen molar-refractivity contribution >= 4 is 27.6 Å². The molecule has 0 unspecified atom stereocenters. The van der Waals surface area contributed by atoms with Crippen molar-refractivity contribution in [3.05, 3.63) is 71.0 Å². The topological polar surface area (TPSA) is 110 Å². The fourth-order valence-electron chi connectivity index (χ4n) is 3.13. The number of hydrogen-bond donors (Lipinski definition) is 2. The number of carbonyl (C=O) groups excluding carboxylic acids is 1. The third-order valence-corrected chi connectivity index (χ3v) is 6.06. The van der Waals surface area contributed by atoms with Crippen molar-refractivity contribution in [2.24, 2.45) is 0 Å². The Bertz CT molecular complexity index is 1200. The van der Waals surface area contributed by atoms with Crippen LogP contribution in [-0.4, -0.2) is 30.4 Å². The summed E-state index contributed by atoms with van der Waals surface area (Å²) in [6.45, 7) is 9.02. The normalized spacial score (nSPS) is 12.2. The van der Waals surface area contributed by atoms with E-state index < -0.39 is 16.1 Å². The molecule has 1 aromatic heterocycles. The minimum atomic E-state index is -3.87. The van der Waals surface area contributed by atoms with Gasteiger partial charge in [-0.1, -0.05) is 18.2 Å². The zero-order valence-corrected chi connectivity index (χ0v) is 19.4. The zero-order chi connectivity index (χ0) is 23.5. The Morgan fingerprint density at radius 1 is 0.938 bits per heavy atom. The van der Waals surface area contributed by atoms with Gasteiger partial charge in [0.25, 0.3) is 15.9 Å². The lowest BCUT2D eigenvalue weighted by molar-refractivity contribution is -0.122. The SMILES string of the molecule is Cc1cc(C)nc(NS(=O)(=O)c2ccc(NC(=O)[C@H](C)Oc3c(C)cccc3C)cc2)n1. The van der Waals surface area contributed by atoms with Gasteiger partial charge in [-0.15, -0.1) is 0 Å². The highest BCUT2D eigenvalue weighted by atomic mass is 32.2. The molecule has 3 rings (SSSR count). The molecule has 2 N–H and O–H groups in total. The number of ether oxygens (including phenoxy) is 1. The van der Waals surface area contributed by atoms with E-state index in [2.05, 4.69) is 20.0 Å². The van der Waals surface area contributed by atoms with Crippen LogP contribution in [0.25, 0.3) is 0 Å².